The minimum atomic E-state index is 0.428. The van der Waals surface area contributed by atoms with Crippen molar-refractivity contribution in [1.82, 2.24) is 0 Å². The molecule has 78 valence electrons. The summed E-state index contributed by atoms with van der Waals surface area (Å²) >= 11 is 11.4. The molecule has 14 heavy (non-hydrogen) atoms. The lowest BCUT2D eigenvalue weighted by atomic mass is 10.3. The summed E-state index contributed by atoms with van der Waals surface area (Å²) in [5.41, 5.74) is 3.46. The summed E-state index contributed by atoms with van der Waals surface area (Å²) in [5.74, 6) is 1.02. The molecule has 0 saturated carbocycles. The molecule has 1 aromatic carbocycles. The Morgan fingerprint density at radius 1 is 1.43 bits per heavy atom. The Kier molecular flexibility index (Phi) is 4.87. The maximum Gasteiger partial charge on any atom is 0.140 e. The summed E-state index contributed by atoms with van der Waals surface area (Å²) in [4.78, 5) is 4.75. The Hall–Kier alpha value is -0.640. The largest absolute Gasteiger partial charge is 0.491 e. The zero-order chi connectivity index (χ0) is 10.4. The monoisotopic (exact) mass is 235 g/mol. The average molecular weight is 236 g/mol. The van der Waals surface area contributed by atoms with E-state index in [2.05, 4.69) is 5.48 Å². The fourth-order valence-corrected chi connectivity index (χ4v) is 1.19. The molecule has 0 radical (unpaired) electrons. The van der Waals surface area contributed by atoms with Gasteiger partial charge in [-0.3, -0.25) is 10.3 Å². The van der Waals surface area contributed by atoms with Gasteiger partial charge in [-0.1, -0.05) is 11.6 Å². The van der Waals surface area contributed by atoms with Crippen molar-refractivity contribution in [3.05, 3.63) is 23.2 Å². The van der Waals surface area contributed by atoms with E-state index < -0.39 is 0 Å². The third-order valence-electron chi connectivity index (χ3n) is 1.49. The van der Waals surface area contributed by atoms with Crippen molar-refractivity contribution in [1.29, 1.82) is 0 Å². The second-order valence-corrected chi connectivity index (χ2v) is 3.27. The number of nitrogens with one attached hydrogen (secondary N) is 1. The molecule has 0 bridgehead atoms. The Balaban J connectivity index is 2.74. The summed E-state index contributed by atoms with van der Waals surface area (Å²) in [7, 11) is 1.54. The first kappa shape index (κ1) is 11.4. The van der Waals surface area contributed by atoms with Crippen molar-refractivity contribution in [2.24, 2.45) is 0 Å². The van der Waals surface area contributed by atoms with Crippen LogP contribution in [-0.2, 0) is 4.84 Å². The molecule has 0 fully saturated rings. The third kappa shape index (κ3) is 3.25. The molecule has 0 heterocycles. The second kappa shape index (κ2) is 5.96. The van der Waals surface area contributed by atoms with Crippen molar-refractivity contribution in [3.8, 4) is 5.75 Å². The van der Waals surface area contributed by atoms with E-state index >= 15 is 0 Å². The molecule has 0 saturated heterocycles. The number of hydrogen-bond acceptors (Lipinski definition) is 3. The highest BCUT2D eigenvalue weighted by Gasteiger charge is 2.02. The molecular weight excluding hydrogens is 225 g/mol. The Morgan fingerprint density at radius 2 is 2.21 bits per heavy atom. The van der Waals surface area contributed by atoms with Gasteiger partial charge in [-0.15, -0.1) is 11.6 Å². The summed E-state index contributed by atoms with van der Waals surface area (Å²) in [6.07, 6.45) is 0. The molecule has 0 aliphatic carbocycles. The number of benzene rings is 1. The highest BCUT2D eigenvalue weighted by Crippen LogP contribution is 2.27. The van der Waals surface area contributed by atoms with E-state index in [-0.39, 0.29) is 0 Å². The number of anilines is 1. The van der Waals surface area contributed by atoms with Gasteiger partial charge in [-0.05, 0) is 12.1 Å². The molecule has 0 unspecified atom stereocenters. The van der Waals surface area contributed by atoms with Crippen molar-refractivity contribution in [3.63, 3.8) is 0 Å². The first-order valence-corrected chi connectivity index (χ1v) is 4.96. The summed E-state index contributed by atoms with van der Waals surface area (Å²) < 4.78 is 5.31. The molecule has 0 spiro atoms. The van der Waals surface area contributed by atoms with Crippen molar-refractivity contribution in [2.45, 2.75) is 0 Å². The van der Waals surface area contributed by atoms with Gasteiger partial charge in [-0.2, -0.15) is 0 Å². The average Bonchev–Trinajstić information content (AvgIpc) is 2.19. The van der Waals surface area contributed by atoms with E-state index in [4.69, 9.17) is 32.8 Å². The van der Waals surface area contributed by atoms with Crippen LogP contribution in [0.15, 0.2) is 18.2 Å². The van der Waals surface area contributed by atoms with Gasteiger partial charge in [0.15, 0.2) is 0 Å². The first-order chi connectivity index (χ1) is 6.77. The molecule has 3 nitrogen and oxygen atoms in total. The lowest BCUT2D eigenvalue weighted by Gasteiger charge is -2.09. The van der Waals surface area contributed by atoms with Crippen molar-refractivity contribution in [2.75, 3.05) is 25.1 Å². The highest BCUT2D eigenvalue weighted by atomic mass is 35.5. The molecular formula is C9H11Cl2NO2. The maximum absolute atomic E-state index is 5.90. The molecule has 0 amide bonds. The maximum atomic E-state index is 5.90. The topological polar surface area (TPSA) is 30.5 Å². The summed E-state index contributed by atoms with van der Waals surface area (Å²) in [6, 6.07) is 5.27. The standard InChI is InChI=1S/C9H11Cl2NO2/c1-13-12-7-2-3-8(11)9(6-7)14-5-4-10/h2-3,6,12H,4-5H2,1H3. The number of halogens is 2. The fraction of sp³-hybridized carbons (Fsp3) is 0.333. The molecule has 0 atom stereocenters. The predicted molar refractivity (Wildman–Crippen MR) is 58.3 cm³/mol. The van der Waals surface area contributed by atoms with Crippen LogP contribution in [0.4, 0.5) is 5.69 Å². The smallest absolute Gasteiger partial charge is 0.140 e. The zero-order valence-electron chi connectivity index (χ0n) is 7.72. The molecule has 1 aromatic rings. The predicted octanol–water partition coefficient (Wildman–Crippen LogP) is 2.93. The van der Waals surface area contributed by atoms with Gasteiger partial charge < -0.3 is 4.74 Å². The lowest BCUT2D eigenvalue weighted by Crippen LogP contribution is -2.00. The normalized spacial score (nSPS) is 9.93. The van der Waals surface area contributed by atoms with Crippen LogP contribution in [0.5, 0.6) is 5.75 Å². The van der Waals surface area contributed by atoms with Gasteiger partial charge in [0, 0.05) is 6.07 Å². The van der Waals surface area contributed by atoms with Crippen LogP contribution in [0, 0.1) is 0 Å². The minimum absolute atomic E-state index is 0.428. The van der Waals surface area contributed by atoms with Gasteiger partial charge in [-0.25, -0.2) is 0 Å². The van der Waals surface area contributed by atoms with Gasteiger partial charge in [0.1, 0.15) is 12.4 Å². The molecule has 0 aliphatic heterocycles. The number of alkyl halides is 1. The molecule has 5 heteroatoms. The Labute approximate surface area is 92.9 Å². The second-order valence-electron chi connectivity index (χ2n) is 2.49. The van der Waals surface area contributed by atoms with E-state index in [1.54, 1.807) is 18.2 Å². The quantitative estimate of drug-likeness (QED) is 0.629. The van der Waals surface area contributed by atoms with E-state index in [0.717, 1.165) is 5.69 Å². The summed E-state index contributed by atoms with van der Waals surface area (Å²) in [5, 5.41) is 0.553. The number of ether oxygens (including phenoxy) is 1. The molecule has 0 aliphatic rings. The van der Waals surface area contributed by atoms with Gasteiger partial charge in [0.2, 0.25) is 0 Å². The van der Waals surface area contributed by atoms with Crippen LogP contribution in [0.2, 0.25) is 5.02 Å². The van der Waals surface area contributed by atoms with E-state index in [1.165, 1.54) is 7.11 Å². The van der Waals surface area contributed by atoms with Crippen LogP contribution < -0.4 is 10.2 Å². The summed E-state index contributed by atoms with van der Waals surface area (Å²) in [6.45, 7) is 0.428. The highest BCUT2D eigenvalue weighted by molar-refractivity contribution is 6.32. The van der Waals surface area contributed by atoms with Crippen LogP contribution >= 0.6 is 23.2 Å². The van der Waals surface area contributed by atoms with Crippen LogP contribution in [0.3, 0.4) is 0 Å². The van der Waals surface area contributed by atoms with Crippen molar-refractivity contribution < 1.29 is 9.57 Å². The number of rotatable bonds is 5. The molecule has 1 rings (SSSR count). The van der Waals surface area contributed by atoms with Crippen LogP contribution in [0.25, 0.3) is 0 Å². The third-order valence-corrected chi connectivity index (χ3v) is 1.95. The Morgan fingerprint density at radius 3 is 2.86 bits per heavy atom. The molecule has 0 aromatic heterocycles. The van der Waals surface area contributed by atoms with Crippen LogP contribution in [0.1, 0.15) is 0 Å². The SMILES string of the molecule is CONc1ccc(Cl)c(OCCCl)c1. The Bertz CT molecular complexity index is 294. The number of hydrogen-bond donors (Lipinski definition) is 1. The first-order valence-electron chi connectivity index (χ1n) is 4.05. The van der Waals surface area contributed by atoms with Gasteiger partial charge >= 0.3 is 0 Å². The van der Waals surface area contributed by atoms with Crippen LogP contribution in [-0.4, -0.2) is 19.6 Å². The minimum Gasteiger partial charge on any atom is -0.491 e. The van der Waals surface area contributed by atoms with E-state index in [9.17, 15) is 0 Å². The van der Waals surface area contributed by atoms with E-state index in [1.807, 2.05) is 0 Å². The molecule has 1 N–H and O–H groups in total. The van der Waals surface area contributed by atoms with Gasteiger partial charge in [0.25, 0.3) is 0 Å². The fourth-order valence-electron chi connectivity index (χ4n) is 0.944. The lowest BCUT2D eigenvalue weighted by molar-refractivity contribution is 0.270. The van der Waals surface area contributed by atoms with Crippen molar-refractivity contribution >= 4 is 28.9 Å². The van der Waals surface area contributed by atoms with Gasteiger partial charge in [0.05, 0.1) is 23.7 Å². The van der Waals surface area contributed by atoms with E-state index in [0.29, 0.717) is 23.3 Å². The zero-order valence-corrected chi connectivity index (χ0v) is 9.23.